The van der Waals surface area contributed by atoms with Crippen molar-refractivity contribution in [3.63, 3.8) is 0 Å². The summed E-state index contributed by atoms with van der Waals surface area (Å²) in [6, 6.07) is 0. The summed E-state index contributed by atoms with van der Waals surface area (Å²) in [5.41, 5.74) is -0.509. The number of hydrogen-bond acceptors (Lipinski definition) is 2. The van der Waals surface area contributed by atoms with Crippen LogP contribution < -0.4 is 0 Å². The van der Waals surface area contributed by atoms with E-state index in [-0.39, 0.29) is 5.78 Å². The van der Waals surface area contributed by atoms with Gasteiger partial charge in [0.05, 0.1) is 0 Å². The molecule has 0 N–H and O–H groups in total. The molecule has 0 fully saturated rings. The molecule has 0 saturated carbocycles. The molecule has 0 spiro atoms. The molecule has 0 rings (SSSR count). The third-order valence-electron chi connectivity index (χ3n) is 3.55. The summed E-state index contributed by atoms with van der Waals surface area (Å²) in [4.78, 5) is 12.1. The lowest BCUT2D eigenvalue weighted by atomic mass is 9.89. The molecule has 0 bridgehead atoms. The zero-order valence-corrected chi connectivity index (χ0v) is 11.5. The van der Waals surface area contributed by atoms with E-state index in [9.17, 15) is 4.79 Å². The van der Waals surface area contributed by atoms with Crippen molar-refractivity contribution in [3.05, 3.63) is 0 Å². The Morgan fingerprint density at radius 2 is 1.56 bits per heavy atom. The van der Waals surface area contributed by atoms with E-state index in [0.29, 0.717) is 6.42 Å². The minimum Gasteiger partial charge on any atom is -0.370 e. The summed E-state index contributed by atoms with van der Waals surface area (Å²) in [5, 5.41) is 0. The Labute approximate surface area is 101 Å². The van der Waals surface area contributed by atoms with Gasteiger partial charge >= 0.3 is 0 Å². The number of hydrogen-bond donors (Lipinski definition) is 0. The minimum absolute atomic E-state index is 0.288. The molecular formula is C14H28O2. The summed E-state index contributed by atoms with van der Waals surface area (Å²) >= 11 is 0. The Hall–Kier alpha value is -0.370. The van der Waals surface area contributed by atoms with Crippen molar-refractivity contribution in [1.82, 2.24) is 0 Å². The lowest BCUT2D eigenvalue weighted by Crippen LogP contribution is -2.39. The number of rotatable bonds is 10. The van der Waals surface area contributed by atoms with E-state index >= 15 is 0 Å². The van der Waals surface area contributed by atoms with E-state index in [4.69, 9.17) is 4.74 Å². The monoisotopic (exact) mass is 228 g/mol. The van der Waals surface area contributed by atoms with Gasteiger partial charge in [-0.3, -0.25) is 4.79 Å². The highest BCUT2D eigenvalue weighted by atomic mass is 16.5. The molecule has 2 heteroatoms. The van der Waals surface area contributed by atoms with Gasteiger partial charge in [-0.2, -0.15) is 0 Å². The zero-order chi connectivity index (χ0) is 12.4. The first-order valence-electron chi connectivity index (χ1n) is 6.75. The van der Waals surface area contributed by atoms with Crippen molar-refractivity contribution in [2.24, 2.45) is 0 Å². The first-order valence-corrected chi connectivity index (χ1v) is 6.75. The van der Waals surface area contributed by atoms with Crippen molar-refractivity contribution in [2.45, 2.75) is 77.7 Å². The number of carbonyl (C=O) groups excluding carboxylic acids is 1. The third kappa shape index (κ3) is 4.65. The molecule has 0 aromatic heterocycles. The summed E-state index contributed by atoms with van der Waals surface area (Å²) in [7, 11) is 1.65. The molecule has 2 nitrogen and oxygen atoms in total. The molecule has 0 amide bonds. The fourth-order valence-electron chi connectivity index (χ4n) is 2.16. The second kappa shape index (κ2) is 8.74. The topological polar surface area (TPSA) is 26.3 Å². The number of methoxy groups -OCH3 is 1. The number of ketones is 1. The van der Waals surface area contributed by atoms with Gasteiger partial charge < -0.3 is 4.74 Å². The molecule has 0 aromatic carbocycles. The maximum Gasteiger partial charge on any atom is 0.164 e. The molecule has 0 radical (unpaired) electrons. The van der Waals surface area contributed by atoms with Gasteiger partial charge in [0.1, 0.15) is 5.60 Å². The quantitative estimate of drug-likeness (QED) is 0.526. The fraction of sp³-hybridized carbons (Fsp3) is 0.929. The summed E-state index contributed by atoms with van der Waals surface area (Å²) < 4.78 is 5.43. The number of Topliss-reactive ketones (excluding diaryl/α,β-unsaturated/α-hetero) is 1. The Balaban J connectivity index is 3.93. The van der Waals surface area contributed by atoms with Crippen LogP contribution in [0.5, 0.6) is 0 Å². The van der Waals surface area contributed by atoms with Crippen LogP contribution in [-0.2, 0) is 9.53 Å². The average molecular weight is 228 g/mol. The standard InChI is InChI=1S/C14H28O2/c1-5-8-9-10-11-12-13(15)14(6-2,7-3)16-4/h5-12H2,1-4H3. The molecule has 96 valence electrons. The van der Waals surface area contributed by atoms with Gasteiger partial charge in [-0.1, -0.05) is 46.5 Å². The fourth-order valence-corrected chi connectivity index (χ4v) is 2.16. The van der Waals surface area contributed by atoms with Crippen LogP contribution in [0.15, 0.2) is 0 Å². The smallest absolute Gasteiger partial charge is 0.164 e. The maximum absolute atomic E-state index is 12.1. The van der Waals surface area contributed by atoms with Crippen molar-refractivity contribution in [2.75, 3.05) is 7.11 Å². The van der Waals surface area contributed by atoms with Crippen molar-refractivity contribution >= 4 is 5.78 Å². The first-order chi connectivity index (χ1) is 7.66. The molecule has 0 heterocycles. The van der Waals surface area contributed by atoms with Gasteiger partial charge in [0.2, 0.25) is 0 Å². The second-order valence-corrected chi connectivity index (χ2v) is 4.49. The molecular weight excluding hydrogens is 200 g/mol. The zero-order valence-electron chi connectivity index (χ0n) is 11.5. The van der Waals surface area contributed by atoms with Crippen LogP contribution in [0.1, 0.15) is 72.1 Å². The van der Waals surface area contributed by atoms with Gasteiger partial charge in [-0.05, 0) is 19.3 Å². The van der Waals surface area contributed by atoms with Crippen LogP contribution in [0.4, 0.5) is 0 Å². The Morgan fingerprint density at radius 3 is 2.00 bits per heavy atom. The van der Waals surface area contributed by atoms with Crippen molar-refractivity contribution < 1.29 is 9.53 Å². The maximum atomic E-state index is 12.1. The summed E-state index contributed by atoms with van der Waals surface area (Å²) in [5.74, 6) is 0.288. The van der Waals surface area contributed by atoms with Crippen LogP contribution >= 0.6 is 0 Å². The van der Waals surface area contributed by atoms with Crippen LogP contribution in [0, 0.1) is 0 Å². The Kier molecular flexibility index (Phi) is 8.54. The predicted molar refractivity (Wildman–Crippen MR) is 68.7 cm³/mol. The molecule has 0 atom stereocenters. The predicted octanol–water partition coefficient (Wildman–Crippen LogP) is 4.12. The highest BCUT2D eigenvalue weighted by molar-refractivity contribution is 5.87. The molecule has 0 aliphatic carbocycles. The number of ether oxygens (including phenoxy) is 1. The average Bonchev–Trinajstić information content (AvgIpc) is 2.32. The van der Waals surface area contributed by atoms with Gasteiger partial charge in [0, 0.05) is 13.5 Å². The van der Waals surface area contributed by atoms with E-state index in [1.807, 2.05) is 13.8 Å². The second-order valence-electron chi connectivity index (χ2n) is 4.49. The minimum atomic E-state index is -0.509. The molecule has 0 aliphatic rings. The van der Waals surface area contributed by atoms with Crippen molar-refractivity contribution in [1.29, 1.82) is 0 Å². The van der Waals surface area contributed by atoms with Gasteiger partial charge in [-0.25, -0.2) is 0 Å². The largest absolute Gasteiger partial charge is 0.370 e. The van der Waals surface area contributed by atoms with E-state index in [1.165, 1.54) is 25.7 Å². The summed E-state index contributed by atoms with van der Waals surface area (Å²) in [6.07, 6.45) is 8.23. The normalized spacial score (nSPS) is 11.8. The van der Waals surface area contributed by atoms with E-state index in [1.54, 1.807) is 7.11 Å². The SMILES string of the molecule is CCCCCCCC(=O)C(CC)(CC)OC. The van der Waals surface area contributed by atoms with E-state index in [0.717, 1.165) is 19.3 Å². The van der Waals surface area contributed by atoms with Crippen molar-refractivity contribution in [3.8, 4) is 0 Å². The molecule has 16 heavy (non-hydrogen) atoms. The van der Waals surface area contributed by atoms with Crippen LogP contribution in [0.25, 0.3) is 0 Å². The lowest BCUT2D eigenvalue weighted by Gasteiger charge is -2.28. The molecule has 0 aromatic rings. The molecule has 0 aliphatic heterocycles. The van der Waals surface area contributed by atoms with Crippen LogP contribution in [-0.4, -0.2) is 18.5 Å². The summed E-state index contributed by atoms with van der Waals surface area (Å²) in [6.45, 7) is 6.26. The van der Waals surface area contributed by atoms with Gasteiger partial charge in [-0.15, -0.1) is 0 Å². The number of unbranched alkanes of at least 4 members (excludes halogenated alkanes) is 4. The van der Waals surface area contributed by atoms with Crippen LogP contribution in [0.2, 0.25) is 0 Å². The highest BCUT2D eigenvalue weighted by Crippen LogP contribution is 2.23. The van der Waals surface area contributed by atoms with Gasteiger partial charge in [0.15, 0.2) is 5.78 Å². The molecule has 0 saturated heterocycles. The highest BCUT2D eigenvalue weighted by Gasteiger charge is 2.33. The first kappa shape index (κ1) is 15.6. The van der Waals surface area contributed by atoms with E-state index in [2.05, 4.69) is 6.92 Å². The molecule has 0 unspecified atom stereocenters. The van der Waals surface area contributed by atoms with E-state index < -0.39 is 5.60 Å². The lowest BCUT2D eigenvalue weighted by molar-refractivity contribution is -0.142. The van der Waals surface area contributed by atoms with Gasteiger partial charge in [0.25, 0.3) is 0 Å². The van der Waals surface area contributed by atoms with Crippen LogP contribution in [0.3, 0.4) is 0 Å². The Morgan fingerprint density at radius 1 is 1.00 bits per heavy atom. The Bertz CT molecular complexity index is 175. The third-order valence-corrected chi connectivity index (χ3v) is 3.55. The number of carbonyl (C=O) groups is 1.